The van der Waals surface area contributed by atoms with Crippen LogP contribution >= 0.6 is 11.3 Å². The van der Waals surface area contributed by atoms with E-state index in [9.17, 15) is 4.79 Å². The van der Waals surface area contributed by atoms with Crippen molar-refractivity contribution >= 4 is 17.2 Å². The monoisotopic (exact) mass is 341 g/mol. The van der Waals surface area contributed by atoms with Crippen LogP contribution in [-0.2, 0) is 0 Å². The molecular weight excluding hydrogens is 322 g/mol. The summed E-state index contributed by atoms with van der Waals surface area (Å²) in [6, 6.07) is 5.94. The Morgan fingerprint density at radius 3 is 2.83 bits per heavy atom. The van der Waals surface area contributed by atoms with Crippen LogP contribution in [0.4, 0.5) is 0 Å². The predicted molar refractivity (Wildman–Crippen MR) is 94.6 cm³/mol. The van der Waals surface area contributed by atoms with Crippen LogP contribution in [0.1, 0.15) is 37.3 Å². The summed E-state index contributed by atoms with van der Waals surface area (Å²) in [5.41, 5.74) is 7.34. The third kappa shape index (κ3) is 2.94. The van der Waals surface area contributed by atoms with E-state index in [1.54, 1.807) is 29.9 Å². The van der Waals surface area contributed by atoms with Crippen LogP contribution in [0.5, 0.6) is 0 Å². The van der Waals surface area contributed by atoms with Crippen LogP contribution in [0.3, 0.4) is 0 Å². The number of amides is 1. The minimum atomic E-state index is -0.532. The molecule has 0 aliphatic carbocycles. The Kier molecular flexibility index (Phi) is 4.44. The number of hydrogen-bond donors (Lipinski definition) is 1. The maximum absolute atomic E-state index is 11.6. The molecule has 0 aliphatic rings. The quantitative estimate of drug-likeness (QED) is 0.770. The van der Waals surface area contributed by atoms with E-state index in [1.165, 1.54) is 0 Å². The highest BCUT2D eigenvalue weighted by Gasteiger charge is 2.18. The summed E-state index contributed by atoms with van der Waals surface area (Å²) in [7, 11) is 0. The Morgan fingerprint density at radius 1 is 1.33 bits per heavy atom. The maximum Gasteiger partial charge on any atom is 0.267 e. The lowest BCUT2D eigenvalue weighted by molar-refractivity contribution is 0.0996. The second-order valence-electron chi connectivity index (χ2n) is 6.01. The van der Waals surface area contributed by atoms with E-state index in [4.69, 9.17) is 5.73 Å². The minimum Gasteiger partial charge on any atom is -0.364 e. The number of thiophene rings is 1. The van der Waals surface area contributed by atoms with Gasteiger partial charge in [0, 0.05) is 17.8 Å². The minimum absolute atomic E-state index is 0.277. The van der Waals surface area contributed by atoms with Gasteiger partial charge in [-0.15, -0.1) is 21.5 Å². The molecule has 0 bridgehead atoms. The molecule has 1 atom stereocenters. The zero-order valence-corrected chi connectivity index (χ0v) is 14.6. The molecule has 124 valence electrons. The van der Waals surface area contributed by atoms with E-state index >= 15 is 0 Å². The number of pyridine rings is 1. The zero-order valence-electron chi connectivity index (χ0n) is 13.8. The molecule has 3 aromatic rings. The van der Waals surface area contributed by atoms with Crippen LogP contribution in [-0.4, -0.2) is 25.7 Å². The van der Waals surface area contributed by atoms with E-state index in [1.807, 2.05) is 17.5 Å². The van der Waals surface area contributed by atoms with Crippen molar-refractivity contribution in [2.24, 2.45) is 11.7 Å². The number of primary amides is 1. The van der Waals surface area contributed by atoms with Gasteiger partial charge in [-0.05, 0) is 35.9 Å². The van der Waals surface area contributed by atoms with Crippen molar-refractivity contribution in [2.45, 2.75) is 26.8 Å². The third-order valence-electron chi connectivity index (χ3n) is 4.15. The second-order valence-corrected chi connectivity index (χ2v) is 6.92. The summed E-state index contributed by atoms with van der Waals surface area (Å²) >= 11 is 1.56. The predicted octanol–water partition coefficient (Wildman–Crippen LogP) is 3.38. The van der Waals surface area contributed by atoms with E-state index in [2.05, 4.69) is 40.5 Å². The summed E-state index contributed by atoms with van der Waals surface area (Å²) in [6.07, 6.45) is 3.33. The molecule has 0 aromatic carbocycles. The molecule has 6 nitrogen and oxygen atoms in total. The van der Waals surface area contributed by atoms with Gasteiger partial charge >= 0.3 is 0 Å². The Bertz CT molecular complexity index is 867. The molecule has 3 aromatic heterocycles. The fraction of sp³-hybridized carbons (Fsp3) is 0.294. The summed E-state index contributed by atoms with van der Waals surface area (Å²) in [6.45, 7) is 6.49. The normalized spacial score (nSPS) is 12.5. The Balaban J connectivity index is 2.02. The highest BCUT2D eigenvalue weighted by Crippen LogP contribution is 2.34. The zero-order chi connectivity index (χ0) is 17.3. The van der Waals surface area contributed by atoms with Crippen molar-refractivity contribution in [1.82, 2.24) is 19.7 Å². The molecule has 1 amide bonds. The SMILES string of the molecule is CC(C)C(C)n1cnnc1-c1cc(-c2cccnc2C(N)=O)cs1. The first-order valence-corrected chi connectivity index (χ1v) is 8.60. The lowest BCUT2D eigenvalue weighted by Crippen LogP contribution is -2.14. The van der Waals surface area contributed by atoms with Gasteiger partial charge in [0.25, 0.3) is 5.91 Å². The van der Waals surface area contributed by atoms with Crippen molar-refractivity contribution in [3.63, 3.8) is 0 Å². The van der Waals surface area contributed by atoms with E-state index in [0.717, 1.165) is 21.8 Å². The Hall–Kier alpha value is -2.54. The summed E-state index contributed by atoms with van der Waals surface area (Å²) in [4.78, 5) is 16.7. The second kappa shape index (κ2) is 6.52. The molecule has 0 spiro atoms. The third-order valence-corrected chi connectivity index (χ3v) is 5.07. The van der Waals surface area contributed by atoms with Gasteiger partial charge in [0.05, 0.1) is 4.88 Å². The van der Waals surface area contributed by atoms with Gasteiger partial charge in [0.2, 0.25) is 0 Å². The molecule has 3 rings (SSSR count). The first-order valence-electron chi connectivity index (χ1n) is 7.72. The van der Waals surface area contributed by atoms with E-state index in [-0.39, 0.29) is 5.69 Å². The number of carbonyl (C=O) groups excluding carboxylic acids is 1. The van der Waals surface area contributed by atoms with Crippen LogP contribution in [0.25, 0.3) is 21.8 Å². The molecule has 2 N–H and O–H groups in total. The van der Waals surface area contributed by atoms with Crippen molar-refractivity contribution in [2.75, 3.05) is 0 Å². The highest BCUT2D eigenvalue weighted by atomic mass is 32.1. The van der Waals surface area contributed by atoms with Gasteiger partial charge in [0.1, 0.15) is 12.0 Å². The lowest BCUT2D eigenvalue weighted by atomic mass is 10.1. The van der Waals surface area contributed by atoms with Gasteiger partial charge in [-0.2, -0.15) is 0 Å². The number of nitrogens with zero attached hydrogens (tertiary/aromatic N) is 4. The van der Waals surface area contributed by atoms with Crippen LogP contribution in [0.2, 0.25) is 0 Å². The Labute approximate surface area is 144 Å². The Morgan fingerprint density at radius 2 is 2.12 bits per heavy atom. The highest BCUT2D eigenvalue weighted by molar-refractivity contribution is 7.13. The average Bonchev–Trinajstić information content (AvgIpc) is 3.22. The van der Waals surface area contributed by atoms with Crippen LogP contribution in [0.15, 0.2) is 36.1 Å². The first-order chi connectivity index (χ1) is 11.5. The fourth-order valence-electron chi connectivity index (χ4n) is 2.47. The van der Waals surface area contributed by atoms with E-state index < -0.39 is 5.91 Å². The maximum atomic E-state index is 11.6. The first kappa shape index (κ1) is 16.3. The smallest absolute Gasteiger partial charge is 0.267 e. The molecule has 24 heavy (non-hydrogen) atoms. The summed E-state index contributed by atoms with van der Waals surface area (Å²) in [5, 5.41) is 10.3. The lowest BCUT2D eigenvalue weighted by Gasteiger charge is -2.18. The van der Waals surface area contributed by atoms with Gasteiger partial charge in [-0.25, -0.2) is 0 Å². The van der Waals surface area contributed by atoms with Crippen molar-refractivity contribution in [1.29, 1.82) is 0 Å². The largest absolute Gasteiger partial charge is 0.364 e. The number of hydrogen-bond acceptors (Lipinski definition) is 5. The molecule has 0 saturated heterocycles. The fourth-order valence-corrected chi connectivity index (χ4v) is 3.36. The standard InChI is InChI=1S/C17H19N5OS/c1-10(2)11(3)22-9-20-21-17(22)14-7-12(8-24-14)13-5-4-6-19-15(13)16(18)23/h4-11H,1-3H3,(H2,18,23). The molecule has 1 unspecified atom stereocenters. The van der Waals surface area contributed by atoms with E-state index in [0.29, 0.717) is 12.0 Å². The van der Waals surface area contributed by atoms with Gasteiger partial charge in [0.15, 0.2) is 5.82 Å². The molecule has 3 heterocycles. The number of rotatable bonds is 5. The molecule has 0 fully saturated rings. The molecule has 0 aliphatic heterocycles. The number of aromatic nitrogens is 4. The summed E-state index contributed by atoms with van der Waals surface area (Å²) in [5.74, 6) is 0.769. The average molecular weight is 341 g/mol. The number of carbonyl (C=O) groups is 1. The number of nitrogens with two attached hydrogens (primary N) is 1. The molecular formula is C17H19N5OS. The van der Waals surface area contributed by atoms with Gasteiger partial charge in [-0.1, -0.05) is 19.9 Å². The van der Waals surface area contributed by atoms with Gasteiger partial charge in [-0.3, -0.25) is 9.78 Å². The van der Waals surface area contributed by atoms with Crippen molar-refractivity contribution < 1.29 is 4.79 Å². The molecule has 0 radical (unpaired) electrons. The van der Waals surface area contributed by atoms with Crippen LogP contribution in [0, 0.1) is 5.92 Å². The van der Waals surface area contributed by atoms with Crippen molar-refractivity contribution in [3.8, 4) is 21.8 Å². The van der Waals surface area contributed by atoms with Crippen molar-refractivity contribution in [3.05, 3.63) is 41.8 Å². The van der Waals surface area contributed by atoms with Gasteiger partial charge < -0.3 is 10.3 Å². The van der Waals surface area contributed by atoms with Crippen LogP contribution < -0.4 is 5.73 Å². The molecule has 0 saturated carbocycles. The molecule has 7 heteroatoms. The summed E-state index contributed by atoms with van der Waals surface area (Å²) < 4.78 is 2.08. The topological polar surface area (TPSA) is 86.7 Å².